The Morgan fingerprint density at radius 1 is 1.31 bits per heavy atom. The molecule has 0 radical (unpaired) electrons. The summed E-state index contributed by atoms with van der Waals surface area (Å²) in [5, 5.41) is 13.1. The molecule has 1 unspecified atom stereocenters. The van der Waals surface area contributed by atoms with Crippen molar-refractivity contribution in [2.75, 3.05) is 6.54 Å². The molecule has 2 N–H and O–H groups in total. The standard InChI is InChI=1S/C13H19NO2/c1-12(2)9-14-13(3,16-12)8-10-6-4-5-7-11(10)15/h4-7,14-15H,8-9H2,1-3H3. The van der Waals surface area contributed by atoms with Crippen LogP contribution >= 0.6 is 0 Å². The van der Waals surface area contributed by atoms with E-state index in [0.717, 1.165) is 12.1 Å². The van der Waals surface area contributed by atoms with Crippen molar-refractivity contribution in [2.24, 2.45) is 0 Å². The van der Waals surface area contributed by atoms with E-state index in [9.17, 15) is 5.11 Å². The molecule has 0 bridgehead atoms. The Hall–Kier alpha value is -1.06. The van der Waals surface area contributed by atoms with E-state index < -0.39 is 0 Å². The van der Waals surface area contributed by atoms with Crippen molar-refractivity contribution in [3.05, 3.63) is 29.8 Å². The van der Waals surface area contributed by atoms with Crippen LogP contribution in [0.25, 0.3) is 0 Å². The smallest absolute Gasteiger partial charge is 0.121 e. The highest BCUT2D eigenvalue weighted by molar-refractivity contribution is 5.33. The molecule has 2 rings (SSSR count). The second-order valence-corrected chi connectivity index (χ2v) is 5.25. The lowest BCUT2D eigenvalue weighted by molar-refractivity contribution is -0.0787. The molecular weight excluding hydrogens is 202 g/mol. The van der Waals surface area contributed by atoms with Crippen LogP contribution in [0.3, 0.4) is 0 Å². The summed E-state index contributed by atoms with van der Waals surface area (Å²) in [5.74, 6) is 0.332. The van der Waals surface area contributed by atoms with Crippen LogP contribution in [0.4, 0.5) is 0 Å². The van der Waals surface area contributed by atoms with Crippen molar-refractivity contribution >= 4 is 0 Å². The summed E-state index contributed by atoms with van der Waals surface area (Å²) in [6, 6.07) is 7.39. The maximum atomic E-state index is 9.73. The number of hydrogen-bond donors (Lipinski definition) is 2. The molecule has 1 aliphatic rings. The Bertz CT molecular complexity index is 389. The number of aromatic hydroxyl groups is 1. The van der Waals surface area contributed by atoms with E-state index in [1.165, 1.54) is 0 Å². The fourth-order valence-corrected chi connectivity index (χ4v) is 2.20. The number of phenols is 1. The van der Waals surface area contributed by atoms with Crippen LogP contribution in [0.15, 0.2) is 24.3 Å². The fraction of sp³-hybridized carbons (Fsp3) is 0.538. The second-order valence-electron chi connectivity index (χ2n) is 5.25. The molecular formula is C13H19NO2. The highest BCUT2D eigenvalue weighted by Gasteiger charge is 2.40. The van der Waals surface area contributed by atoms with Gasteiger partial charge in [0.1, 0.15) is 11.5 Å². The van der Waals surface area contributed by atoms with E-state index in [4.69, 9.17) is 4.74 Å². The van der Waals surface area contributed by atoms with Crippen molar-refractivity contribution in [3.63, 3.8) is 0 Å². The monoisotopic (exact) mass is 221 g/mol. The molecule has 0 spiro atoms. The van der Waals surface area contributed by atoms with Crippen molar-refractivity contribution < 1.29 is 9.84 Å². The number of benzene rings is 1. The molecule has 1 atom stereocenters. The average molecular weight is 221 g/mol. The van der Waals surface area contributed by atoms with Gasteiger partial charge in [0.05, 0.1) is 5.60 Å². The van der Waals surface area contributed by atoms with Crippen LogP contribution in [0.1, 0.15) is 26.3 Å². The molecule has 0 aliphatic carbocycles. The zero-order chi connectivity index (χ0) is 11.8. The van der Waals surface area contributed by atoms with Crippen molar-refractivity contribution in [1.82, 2.24) is 5.32 Å². The molecule has 1 aromatic rings. The minimum atomic E-state index is -0.387. The number of nitrogens with one attached hydrogen (secondary N) is 1. The van der Waals surface area contributed by atoms with Crippen LogP contribution in [0.5, 0.6) is 5.75 Å². The van der Waals surface area contributed by atoms with Gasteiger partial charge in [-0.1, -0.05) is 18.2 Å². The predicted molar refractivity (Wildman–Crippen MR) is 63.4 cm³/mol. The average Bonchev–Trinajstić information content (AvgIpc) is 2.45. The lowest BCUT2D eigenvalue weighted by atomic mass is 10.0. The second kappa shape index (κ2) is 3.75. The number of para-hydroxylation sites is 1. The summed E-state index contributed by atoms with van der Waals surface area (Å²) in [7, 11) is 0. The molecule has 1 fully saturated rings. The van der Waals surface area contributed by atoms with Crippen LogP contribution in [-0.2, 0) is 11.2 Å². The minimum absolute atomic E-state index is 0.140. The first-order valence-electron chi connectivity index (χ1n) is 5.62. The summed E-state index contributed by atoms with van der Waals surface area (Å²) in [5.41, 5.74) is 0.386. The summed E-state index contributed by atoms with van der Waals surface area (Å²) < 4.78 is 5.97. The van der Waals surface area contributed by atoms with Crippen molar-refractivity contribution in [3.8, 4) is 5.75 Å². The Morgan fingerprint density at radius 3 is 2.56 bits per heavy atom. The Balaban J connectivity index is 2.14. The van der Waals surface area contributed by atoms with Gasteiger partial charge in [0.15, 0.2) is 0 Å². The maximum absolute atomic E-state index is 9.73. The fourth-order valence-electron chi connectivity index (χ4n) is 2.20. The first kappa shape index (κ1) is 11.4. The molecule has 88 valence electrons. The van der Waals surface area contributed by atoms with Gasteiger partial charge >= 0.3 is 0 Å². The third kappa shape index (κ3) is 2.36. The van der Waals surface area contributed by atoms with Crippen LogP contribution in [0.2, 0.25) is 0 Å². The largest absolute Gasteiger partial charge is 0.508 e. The molecule has 1 aromatic carbocycles. The van der Waals surface area contributed by atoms with E-state index in [1.54, 1.807) is 6.07 Å². The number of phenolic OH excluding ortho intramolecular Hbond substituents is 1. The van der Waals surface area contributed by atoms with Crippen LogP contribution in [-0.4, -0.2) is 23.0 Å². The predicted octanol–water partition coefficient (Wildman–Crippen LogP) is 2.05. The third-order valence-electron chi connectivity index (χ3n) is 2.91. The van der Waals surface area contributed by atoms with Crippen molar-refractivity contribution in [1.29, 1.82) is 0 Å². The van der Waals surface area contributed by atoms with Gasteiger partial charge in [-0.25, -0.2) is 0 Å². The molecule has 0 amide bonds. The van der Waals surface area contributed by atoms with E-state index in [-0.39, 0.29) is 11.3 Å². The number of ether oxygens (including phenoxy) is 1. The quantitative estimate of drug-likeness (QED) is 0.803. The minimum Gasteiger partial charge on any atom is -0.508 e. The summed E-state index contributed by atoms with van der Waals surface area (Å²) in [4.78, 5) is 0. The molecule has 1 aliphatic heterocycles. The maximum Gasteiger partial charge on any atom is 0.121 e. The zero-order valence-corrected chi connectivity index (χ0v) is 10.1. The van der Waals surface area contributed by atoms with E-state index in [2.05, 4.69) is 19.2 Å². The Morgan fingerprint density at radius 2 is 2.00 bits per heavy atom. The lowest BCUT2D eigenvalue weighted by Gasteiger charge is -2.27. The van der Waals surface area contributed by atoms with Gasteiger partial charge in [0.2, 0.25) is 0 Å². The molecule has 0 aromatic heterocycles. The van der Waals surface area contributed by atoms with Gasteiger partial charge in [-0.05, 0) is 32.4 Å². The topological polar surface area (TPSA) is 41.5 Å². The van der Waals surface area contributed by atoms with E-state index >= 15 is 0 Å². The van der Waals surface area contributed by atoms with Crippen LogP contribution < -0.4 is 5.32 Å². The van der Waals surface area contributed by atoms with Gasteiger partial charge in [-0.3, -0.25) is 5.32 Å². The highest BCUT2D eigenvalue weighted by Crippen LogP contribution is 2.30. The molecule has 0 saturated carbocycles. The summed E-state index contributed by atoms with van der Waals surface area (Å²) in [6.07, 6.45) is 0.670. The van der Waals surface area contributed by atoms with Gasteiger partial charge < -0.3 is 9.84 Å². The molecule has 16 heavy (non-hydrogen) atoms. The van der Waals surface area contributed by atoms with E-state index in [0.29, 0.717) is 12.2 Å². The van der Waals surface area contributed by atoms with E-state index in [1.807, 2.05) is 25.1 Å². The first-order valence-corrected chi connectivity index (χ1v) is 5.62. The zero-order valence-electron chi connectivity index (χ0n) is 10.1. The molecule has 1 heterocycles. The SMILES string of the molecule is CC1(C)CNC(C)(Cc2ccccc2O)O1. The van der Waals surface area contributed by atoms with Gasteiger partial charge in [0, 0.05) is 13.0 Å². The lowest BCUT2D eigenvalue weighted by Crippen LogP contribution is -2.40. The number of hydrogen-bond acceptors (Lipinski definition) is 3. The molecule has 1 saturated heterocycles. The highest BCUT2D eigenvalue weighted by atomic mass is 16.5. The summed E-state index contributed by atoms with van der Waals surface area (Å²) >= 11 is 0. The first-order chi connectivity index (χ1) is 7.40. The molecule has 3 nitrogen and oxygen atoms in total. The Kier molecular flexibility index (Phi) is 2.68. The van der Waals surface area contributed by atoms with Crippen molar-refractivity contribution in [2.45, 2.75) is 38.5 Å². The van der Waals surface area contributed by atoms with Gasteiger partial charge in [-0.15, -0.1) is 0 Å². The third-order valence-corrected chi connectivity index (χ3v) is 2.91. The Labute approximate surface area is 96.4 Å². The van der Waals surface area contributed by atoms with Crippen LogP contribution in [0, 0.1) is 0 Å². The normalized spacial score (nSPS) is 28.2. The van der Waals surface area contributed by atoms with Gasteiger partial charge in [0.25, 0.3) is 0 Å². The number of rotatable bonds is 2. The van der Waals surface area contributed by atoms with Gasteiger partial charge in [-0.2, -0.15) is 0 Å². The summed E-state index contributed by atoms with van der Waals surface area (Å²) in [6.45, 7) is 6.98. The molecule has 3 heteroatoms.